The van der Waals surface area contributed by atoms with Crippen LogP contribution in [0.5, 0.6) is 0 Å². The van der Waals surface area contributed by atoms with Gasteiger partial charge in [0.05, 0.1) is 11.3 Å². The van der Waals surface area contributed by atoms with Gasteiger partial charge in [-0.2, -0.15) is 0 Å². The summed E-state index contributed by atoms with van der Waals surface area (Å²) in [5.74, 6) is -3.43. The summed E-state index contributed by atoms with van der Waals surface area (Å²) in [4.78, 5) is 10.8. The van der Waals surface area contributed by atoms with Crippen LogP contribution in [0.15, 0.2) is 36.4 Å². The summed E-state index contributed by atoms with van der Waals surface area (Å²) in [7, 11) is 0. The highest BCUT2D eigenvalue weighted by molar-refractivity contribution is 6.31. The van der Waals surface area contributed by atoms with Gasteiger partial charge < -0.3 is 10.4 Å². The Bertz CT molecular complexity index is 662. The predicted octanol–water partition coefficient (Wildman–Crippen LogP) is 3.93. The van der Waals surface area contributed by atoms with E-state index in [-0.39, 0.29) is 12.2 Å². The Morgan fingerprint density at radius 2 is 1.90 bits per heavy atom. The highest BCUT2D eigenvalue weighted by Crippen LogP contribution is 2.22. The molecule has 3 nitrogen and oxygen atoms in total. The third kappa shape index (κ3) is 3.05. The van der Waals surface area contributed by atoms with Crippen LogP contribution in [0.25, 0.3) is 0 Å². The molecule has 0 saturated carbocycles. The van der Waals surface area contributed by atoms with Gasteiger partial charge in [0.15, 0.2) is 0 Å². The summed E-state index contributed by atoms with van der Waals surface area (Å²) < 4.78 is 26.8. The molecule has 0 atom stereocenters. The minimum absolute atomic E-state index is 0.0938. The van der Waals surface area contributed by atoms with Crippen LogP contribution in [-0.4, -0.2) is 11.1 Å². The second-order valence-electron chi connectivity index (χ2n) is 4.06. The van der Waals surface area contributed by atoms with Crippen molar-refractivity contribution >= 4 is 23.3 Å². The molecule has 0 aliphatic rings. The average molecular weight is 298 g/mol. The van der Waals surface area contributed by atoms with Crippen LogP contribution in [0.2, 0.25) is 5.02 Å². The SMILES string of the molecule is O=C(O)c1cc(NCc2ccccc2Cl)c(F)cc1F. The van der Waals surface area contributed by atoms with E-state index in [9.17, 15) is 13.6 Å². The third-order valence-corrected chi connectivity index (χ3v) is 3.08. The summed E-state index contributed by atoms with van der Waals surface area (Å²) in [5, 5.41) is 12.0. The highest BCUT2D eigenvalue weighted by Gasteiger charge is 2.15. The van der Waals surface area contributed by atoms with Crippen LogP contribution in [0.1, 0.15) is 15.9 Å². The van der Waals surface area contributed by atoms with Gasteiger partial charge in [-0.1, -0.05) is 29.8 Å². The van der Waals surface area contributed by atoms with Crippen molar-refractivity contribution in [2.45, 2.75) is 6.54 Å². The van der Waals surface area contributed by atoms with Gasteiger partial charge in [-0.05, 0) is 17.7 Å². The van der Waals surface area contributed by atoms with Crippen molar-refractivity contribution < 1.29 is 18.7 Å². The first-order valence-corrected chi connectivity index (χ1v) is 6.06. The Balaban J connectivity index is 2.24. The van der Waals surface area contributed by atoms with Crippen molar-refractivity contribution in [3.63, 3.8) is 0 Å². The maximum atomic E-state index is 13.6. The first-order valence-electron chi connectivity index (χ1n) is 5.68. The van der Waals surface area contributed by atoms with E-state index < -0.39 is 23.2 Å². The Morgan fingerprint density at radius 3 is 2.55 bits per heavy atom. The monoisotopic (exact) mass is 297 g/mol. The number of anilines is 1. The van der Waals surface area contributed by atoms with Crippen LogP contribution < -0.4 is 5.32 Å². The molecule has 20 heavy (non-hydrogen) atoms. The summed E-state index contributed by atoms with van der Waals surface area (Å²) in [6.07, 6.45) is 0. The minimum atomic E-state index is -1.46. The third-order valence-electron chi connectivity index (χ3n) is 2.71. The van der Waals surface area contributed by atoms with E-state index in [1.165, 1.54) is 0 Å². The van der Waals surface area contributed by atoms with Crippen molar-refractivity contribution in [2.75, 3.05) is 5.32 Å². The van der Waals surface area contributed by atoms with Gasteiger partial charge in [0, 0.05) is 17.6 Å². The molecule has 104 valence electrons. The van der Waals surface area contributed by atoms with E-state index in [4.69, 9.17) is 16.7 Å². The number of hydrogen-bond donors (Lipinski definition) is 2. The molecule has 0 heterocycles. The molecule has 6 heteroatoms. The topological polar surface area (TPSA) is 49.3 Å². The van der Waals surface area contributed by atoms with Gasteiger partial charge in [-0.25, -0.2) is 13.6 Å². The Morgan fingerprint density at radius 1 is 1.20 bits per heavy atom. The van der Waals surface area contributed by atoms with E-state index >= 15 is 0 Å². The van der Waals surface area contributed by atoms with Crippen LogP contribution in [0.4, 0.5) is 14.5 Å². The predicted molar refractivity (Wildman–Crippen MR) is 72.1 cm³/mol. The molecule has 0 aliphatic heterocycles. The maximum absolute atomic E-state index is 13.6. The lowest BCUT2D eigenvalue weighted by Crippen LogP contribution is -2.07. The average Bonchev–Trinajstić information content (AvgIpc) is 2.39. The second-order valence-corrected chi connectivity index (χ2v) is 4.47. The lowest BCUT2D eigenvalue weighted by Gasteiger charge is -2.10. The normalized spacial score (nSPS) is 10.3. The number of carboxylic acids is 1. The summed E-state index contributed by atoms with van der Waals surface area (Å²) in [5.41, 5.74) is 0.0338. The number of carboxylic acid groups (broad SMARTS) is 1. The van der Waals surface area contributed by atoms with E-state index in [0.29, 0.717) is 11.1 Å². The second kappa shape index (κ2) is 5.88. The fourth-order valence-electron chi connectivity index (χ4n) is 1.68. The van der Waals surface area contributed by atoms with Crippen LogP contribution in [0.3, 0.4) is 0 Å². The standard InChI is InChI=1S/C14H10ClF2NO2/c15-10-4-2-1-3-8(10)7-18-13-5-9(14(19)20)11(16)6-12(13)17/h1-6,18H,7H2,(H,19,20). The molecular formula is C14H10ClF2NO2. The zero-order valence-electron chi connectivity index (χ0n) is 10.2. The molecule has 0 aliphatic carbocycles. The van der Waals surface area contributed by atoms with Crippen molar-refractivity contribution in [1.82, 2.24) is 0 Å². The van der Waals surface area contributed by atoms with E-state index in [2.05, 4.69) is 5.32 Å². The Kier molecular flexibility index (Phi) is 4.20. The number of carbonyl (C=O) groups is 1. The van der Waals surface area contributed by atoms with Crippen molar-refractivity contribution in [3.8, 4) is 0 Å². The lowest BCUT2D eigenvalue weighted by molar-refractivity contribution is 0.0692. The molecule has 2 N–H and O–H groups in total. The fourth-order valence-corrected chi connectivity index (χ4v) is 1.88. The zero-order valence-corrected chi connectivity index (χ0v) is 10.9. The van der Waals surface area contributed by atoms with Crippen molar-refractivity contribution in [1.29, 1.82) is 0 Å². The molecule has 2 aromatic carbocycles. The summed E-state index contributed by atoms with van der Waals surface area (Å²) in [6, 6.07) is 8.42. The Hall–Kier alpha value is -2.14. The molecule has 0 radical (unpaired) electrons. The summed E-state index contributed by atoms with van der Waals surface area (Å²) in [6.45, 7) is 0.196. The summed E-state index contributed by atoms with van der Waals surface area (Å²) >= 11 is 5.95. The highest BCUT2D eigenvalue weighted by atomic mass is 35.5. The molecule has 0 amide bonds. The number of rotatable bonds is 4. The molecule has 0 spiro atoms. The fraction of sp³-hybridized carbons (Fsp3) is 0.0714. The number of nitrogens with one attached hydrogen (secondary N) is 1. The maximum Gasteiger partial charge on any atom is 0.338 e. The molecule has 0 saturated heterocycles. The van der Waals surface area contributed by atoms with Gasteiger partial charge in [-0.3, -0.25) is 0 Å². The largest absolute Gasteiger partial charge is 0.478 e. The van der Waals surface area contributed by atoms with Crippen molar-refractivity contribution in [3.05, 3.63) is 64.2 Å². The minimum Gasteiger partial charge on any atom is -0.478 e. The Labute approximate surface area is 118 Å². The quantitative estimate of drug-likeness (QED) is 0.899. The molecule has 2 aromatic rings. The van der Waals surface area contributed by atoms with E-state index in [1.54, 1.807) is 24.3 Å². The molecule has 0 aromatic heterocycles. The van der Waals surface area contributed by atoms with Gasteiger partial charge >= 0.3 is 5.97 Å². The zero-order chi connectivity index (χ0) is 14.7. The van der Waals surface area contributed by atoms with E-state index in [1.807, 2.05) is 0 Å². The molecule has 2 rings (SSSR count). The first-order chi connectivity index (χ1) is 9.49. The number of hydrogen-bond acceptors (Lipinski definition) is 2. The number of aromatic carboxylic acids is 1. The van der Waals surface area contributed by atoms with Crippen molar-refractivity contribution in [2.24, 2.45) is 0 Å². The molecule has 0 bridgehead atoms. The van der Waals surface area contributed by atoms with Crippen LogP contribution in [-0.2, 0) is 6.54 Å². The van der Waals surface area contributed by atoms with Gasteiger partial charge in [0.2, 0.25) is 0 Å². The number of halogens is 3. The van der Waals surface area contributed by atoms with Gasteiger partial charge in [0.25, 0.3) is 0 Å². The van der Waals surface area contributed by atoms with Gasteiger partial charge in [0.1, 0.15) is 11.6 Å². The number of benzene rings is 2. The molecule has 0 fully saturated rings. The van der Waals surface area contributed by atoms with Gasteiger partial charge in [-0.15, -0.1) is 0 Å². The van der Waals surface area contributed by atoms with Crippen LogP contribution >= 0.6 is 11.6 Å². The first kappa shape index (κ1) is 14.3. The van der Waals surface area contributed by atoms with E-state index in [0.717, 1.165) is 11.6 Å². The lowest BCUT2D eigenvalue weighted by atomic mass is 10.1. The molecule has 0 unspecified atom stereocenters. The smallest absolute Gasteiger partial charge is 0.338 e. The van der Waals surface area contributed by atoms with Crippen LogP contribution in [0, 0.1) is 11.6 Å². The molecular weight excluding hydrogens is 288 g/mol.